The number of benzene rings is 1. The number of piperidine rings is 1. The molecule has 1 aliphatic rings. The summed E-state index contributed by atoms with van der Waals surface area (Å²) in [6.45, 7) is 0.0891. The summed E-state index contributed by atoms with van der Waals surface area (Å²) in [5.41, 5.74) is 0.573. The first-order valence-corrected chi connectivity index (χ1v) is 8.93. The Morgan fingerprint density at radius 1 is 1.19 bits per heavy atom. The van der Waals surface area contributed by atoms with Gasteiger partial charge in [0.1, 0.15) is 0 Å². The number of aromatic nitrogens is 1. The molecule has 0 N–H and O–H groups in total. The summed E-state index contributed by atoms with van der Waals surface area (Å²) in [5, 5.41) is 0.491. The minimum absolute atomic E-state index is 0.0271. The van der Waals surface area contributed by atoms with Crippen molar-refractivity contribution in [2.75, 3.05) is 13.1 Å². The smallest absolute Gasteiger partial charge is 0.338 e. The molecule has 1 atom stereocenters. The minimum atomic E-state index is -4.32. The van der Waals surface area contributed by atoms with E-state index >= 15 is 0 Å². The van der Waals surface area contributed by atoms with Gasteiger partial charge in [-0.15, -0.1) is 0 Å². The fraction of sp³-hybridized carbons (Fsp3) is 0.368. The van der Waals surface area contributed by atoms with Crippen LogP contribution < -0.4 is 5.56 Å². The maximum atomic E-state index is 13.0. The molecular formula is C19H18ClF3N2O2. The van der Waals surface area contributed by atoms with Crippen LogP contribution in [0.2, 0.25) is 5.02 Å². The van der Waals surface area contributed by atoms with Crippen LogP contribution in [0, 0.1) is 5.92 Å². The van der Waals surface area contributed by atoms with E-state index in [1.54, 1.807) is 24.3 Å². The lowest BCUT2D eigenvalue weighted by Gasteiger charge is -2.33. The summed E-state index contributed by atoms with van der Waals surface area (Å²) in [5.74, 6) is -2.01. The van der Waals surface area contributed by atoms with E-state index in [9.17, 15) is 22.8 Å². The zero-order valence-electron chi connectivity index (χ0n) is 14.4. The molecule has 0 radical (unpaired) electrons. The number of alkyl halides is 3. The lowest BCUT2D eigenvalue weighted by Crippen LogP contribution is -2.44. The number of hydrogen-bond acceptors (Lipinski definition) is 2. The largest absolute Gasteiger partial charge is 0.393 e. The lowest BCUT2D eigenvalue weighted by atomic mass is 9.97. The summed E-state index contributed by atoms with van der Waals surface area (Å²) in [6, 6.07) is 9.61. The molecular weight excluding hydrogens is 381 g/mol. The molecule has 3 rings (SSSR count). The van der Waals surface area contributed by atoms with E-state index in [2.05, 4.69) is 0 Å². The number of carbonyl (C=O) groups excluding carboxylic acids is 1. The number of pyridine rings is 1. The number of amides is 1. The predicted octanol–water partition coefficient (Wildman–Crippen LogP) is 3.96. The van der Waals surface area contributed by atoms with Crippen molar-refractivity contribution in [2.24, 2.45) is 5.92 Å². The number of hydrogen-bond donors (Lipinski definition) is 0. The molecule has 8 heteroatoms. The molecule has 1 saturated heterocycles. The van der Waals surface area contributed by atoms with E-state index in [4.69, 9.17) is 11.6 Å². The fourth-order valence-corrected chi connectivity index (χ4v) is 3.40. The van der Waals surface area contributed by atoms with Crippen molar-refractivity contribution in [3.8, 4) is 0 Å². The number of halogens is 4. The van der Waals surface area contributed by atoms with Gasteiger partial charge in [0, 0.05) is 30.4 Å². The number of carbonyl (C=O) groups is 1. The standard InChI is InChI=1S/C19H18ClF3N2O2/c20-16-6-2-1-4-13(16)10-25-11-14(7-8-17(25)26)18(27)24-9-3-5-15(12-24)19(21,22)23/h1-2,4,6-8,11,15H,3,5,9-10,12H2. The molecule has 0 bridgehead atoms. The molecule has 4 nitrogen and oxygen atoms in total. The summed E-state index contributed by atoms with van der Waals surface area (Å²) in [4.78, 5) is 26.0. The van der Waals surface area contributed by atoms with Gasteiger partial charge in [-0.1, -0.05) is 29.8 Å². The van der Waals surface area contributed by atoms with Crippen LogP contribution in [0.15, 0.2) is 47.4 Å². The highest BCUT2D eigenvalue weighted by Crippen LogP contribution is 2.33. The van der Waals surface area contributed by atoms with Gasteiger partial charge in [-0.2, -0.15) is 13.2 Å². The van der Waals surface area contributed by atoms with Crippen LogP contribution in [0.5, 0.6) is 0 Å². The number of likely N-dealkylation sites (tertiary alicyclic amines) is 1. The van der Waals surface area contributed by atoms with Crippen LogP contribution >= 0.6 is 11.6 Å². The molecule has 2 heterocycles. The number of rotatable bonds is 3. The summed E-state index contributed by atoms with van der Waals surface area (Å²) < 4.78 is 40.3. The molecule has 1 aliphatic heterocycles. The molecule has 1 aromatic heterocycles. The van der Waals surface area contributed by atoms with Gasteiger partial charge in [-0.25, -0.2) is 0 Å². The average Bonchev–Trinajstić information content (AvgIpc) is 2.64. The van der Waals surface area contributed by atoms with Gasteiger partial charge in [0.2, 0.25) is 0 Å². The lowest BCUT2D eigenvalue weighted by molar-refractivity contribution is -0.184. The molecule has 1 unspecified atom stereocenters. The van der Waals surface area contributed by atoms with Crippen molar-refractivity contribution in [1.82, 2.24) is 9.47 Å². The third-order valence-electron chi connectivity index (χ3n) is 4.70. The summed E-state index contributed by atoms with van der Waals surface area (Å²) in [6.07, 6.45) is -2.61. The molecule has 1 aromatic carbocycles. The van der Waals surface area contributed by atoms with Gasteiger partial charge in [0.25, 0.3) is 11.5 Å². The van der Waals surface area contributed by atoms with E-state index in [0.717, 1.165) is 0 Å². The quantitative estimate of drug-likeness (QED) is 0.785. The molecule has 2 aromatic rings. The fourth-order valence-electron chi connectivity index (χ4n) is 3.20. The molecule has 0 saturated carbocycles. The summed E-state index contributed by atoms with van der Waals surface area (Å²) >= 11 is 6.11. The Balaban J connectivity index is 1.82. The minimum Gasteiger partial charge on any atom is -0.338 e. The van der Waals surface area contributed by atoms with Crippen LogP contribution in [0.4, 0.5) is 13.2 Å². The van der Waals surface area contributed by atoms with E-state index in [1.165, 1.54) is 27.8 Å². The van der Waals surface area contributed by atoms with Gasteiger partial charge in [-0.3, -0.25) is 9.59 Å². The van der Waals surface area contributed by atoms with Crippen molar-refractivity contribution in [3.63, 3.8) is 0 Å². The molecule has 1 fully saturated rings. The normalized spacial score (nSPS) is 17.8. The van der Waals surface area contributed by atoms with E-state index in [-0.39, 0.29) is 37.2 Å². The average molecular weight is 399 g/mol. The first-order chi connectivity index (χ1) is 12.8. The third-order valence-corrected chi connectivity index (χ3v) is 5.07. The Morgan fingerprint density at radius 3 is 2.63 bits per heavy atom. The van der Waals surface area contributed by atoms with Crippen molar-refractivity contribution in [3.05, 3.63) is 69.1 Å². The van der Waals surface area contributed by atoms with Crippen LogP contribution in [0.3, 0.4) is 0 Å². The second-order valence-corrected chi connectivity index (χ2v) is 7.01. The van der Waals surface area contributed by atoms with Crippen molar-refractivity contribution in [2.45, 2.75) is 25.6 Å². The Bertz CT molecular complexity index is 895. The maximum absolute atomic E-state index is 13.0. The monoisotopic (exact) mass is 398 g/mol. The Kier molecular flexibility index (Phi) is 5.60. The summed E-state index contributed by atoms with van der Waals surface area (Å²) in [7, 11) is 0. The van der Waals surface area contributed by atoms with Gasteiger partial charge in [0.15, 0.2) is 0 Å². The molecule has 0 spiro atoms. The highest BCUT2D eigenvalue weighted by atomic mass is 35.5. The van der Waals surface area contributed by atoms with Crippen molar-refractivity contribution >= 4 is 17.5 Å². The topological polar surface area (TPSA) is 42.3 Å². The molecule has 144 valence electrons. The van der Waals surface area contributed by atoms with E-state index in [1.807, 2.05) is 0 Å². The molecule has 0 aliphatic carbocycles. The van der Waals surface area contributed by atoms with E-state index < -0.39 is 18.0 Å². The first kappa shape index (κ1) is 19.5. The van der Waals surface area contributed by atoms with Gasteiger partial charge < -0.3 is 9.47 Å². The Hall–Kier alpha value is -2.28. The van der Waals surface area contributed by atoms with Gasteiger partial charge in [-0.05, 0) is 30.5 Å². The zero-order valence-corrected chi connectivity index (χ0v) is 15.1. The second-order valence-electron chi connectivity index (χ2n) is 6.61. The highest BCUT2D eigenvalue weighted by molar-refractivity contribution is 6.31. The highest BCUT2D eigenvalue weighted by Gasteiger charge is 2.42. The van der Waals surface area contributed by atoms with Crippen LogP contribution in [-0.4, -0.2) is 34.6 Å². The Morgan fingerprint density at radius 2 is 1.93 bits per heavy atom. The molecule has 1 amide bonds. The zero-order chi connectivity index (χ0) is 19.6. The molecule has 27 heavy (non-hydrogen) atoms. The number of nitrogens with zero attached hydrogens (tertiary/aromatic N) is 2. The SMILES string of the molecule is O=C(c1ccc(=O)n(Cc2ccccc2Cl)c1)N1CCCC(C(F)(F)F)C1. The van der Waals surface area contributed by atoms with Crippen molar-refractivity contribution in [1.29, 1.82) is 0 Å². The van der Waals surface area contributed by atoms with Crippen molar-refractivity contribution < 1.29 is 18.0 Å². The Labute approximate surface area is 159 Å². The van der Waals surface area contributed by atoms with Crippen LogP contribution in [0.25, 0.3) is 0 Å². The van der Waals surface area contributed by atoms with Gasteiger partial charge >= 0.3 is 6.18 Å². The predicted molar refractivity (Wildman–Crippen MR) is 95.9 cm³/mol. The maximum Gasteiger partial charge on any atom is 0.393 e. The van der Waals surface area contributed by atoms with Gasteiger partial charge in [0.05, 0.1) is 18.0 Å². The van der Waals surface area contributed by atoms with Crippen LogP contribution in [-0.2, 0) is 6.54 Å². The van der Waals surface area contributed by atoms with Crippen LogP contribution in [0.1, 0.15) is 28.8 Å². The second kappa shape index (κ2) is 7.76. The first-order valence-electron chi connectivity index (χ1n) is 8.55. The third kappa shape index (κ3) is 4.53. The van der Waals surface area contributed by atoms with E-state index in [0.29, 0.717) is 17.0 Å².